The largest absolute Gasteiger partial charge is 0.507 e. The Labute approximate surface area is 342 Å². The first kappa shape index (κ1) is 37.8. The molecule has 1 N–H and O–H groups in total. The number of aromatic hydroxyl groups is 1. The van der Waals surface area contributed by atoms with Gasteiger partial charge in [-0.05, 0) is 92.9 Å². The molecule has 2 saturated heterocycles. The van der Waals surface area contributed by atoms with Gasteiger partial charge < -0.3 is 14.6 Å². The monoisotopic (exact) mass is 818 g/mol. The summed E-state index contributed by atoms with van der Waals surface area (Å²) in [6, 6.07) is 16.8. The number of allylic oxidation sites excluding steroid dienone is 2. The summed E-state index contributed by atoms with van der Waals surface area (Å²) in [6.07, 6.45) is 2.22. The second-order valence-electron chi connectivity index (χ2n) is 15.7. The highest BCUT2D eigenvalue weighted by Gasteiger charge is 2.68. The first-order chi connectivity index (χ1) is 27.7. The molecule has 0 bridgehead atoms. The molecule has 58 heavy (non-hydrogen) atoms. The molecule has 3 aromatic carbocycles. The molecule has 4 amide bonds. The maximum Gasteiger partial charge on any atom is 0.242 e. The Morgan fingerprint density at radius 2 is 1.69 bits per heavy atom. The van der Waals surface area contributed by atoms with Crippen molar-refractivity contribution >= 4 is 73.9 Å². The lowest BCUT2D eigenvalue weighted by Gasteiger charge is -2.49. The summed E-state index contributed by atoms with van der Waals surface area (Å²) in [4.78, 5) is 74.2. The van der Waals surface area contributed by atoms with Crippen molar-refractivity contribution in [2.24, 2.45) is 36.1 Å². The van der Waals surface area contributed by atoms with Crippen LogP contribution in [0.5, 0.6) is 17.2 Å². The molecule has 1 saturated carbocycles. The van der Waals surface area contributed by atoms with E-state index in [0.717, 1.165) is 20.5 Å². The van der Waals surface area contributed by atoms with Crippen molar-refractivity contribution in [3.63, 3.8) is 0 Å². The van der Waals surface area contributed by atoms with Gasteiger partial charge in [-0.2, -0.15) is 5.10 Å². The van der Waals surface area contributed by atoms with Gasteiger partial charge in [0.2, 0.25) is 23.6 Å². The summed E-state index contributed by atoms with van der Waals surface area (Å²) in [5.41, 5.74) is 1.86. The van der Waals surface area contributed by atoms with Crippen LogP contribution in [0, 0.1) is 36.0 Å². The van der Waals surface area contributed by atoms with Gasteiger partial charge in [0.1, 0.15) is 28.8 Å². The van der Waals surface area contributed by atoms with Crippen LogP contribution in [0.25, 0.3) is 20.7 Å². The van der Waals surface area contributed by atoms with E-state index in [2.05, 4.69) is 0 Å². The van der Waals surface area contributed by atoms with Crippen molar-refractivity contribution in [2.45, 2.75) is 39.5 Å². The minimum Gasteiger partial charge on any atom is -0.507 e. The van der Waals surface area contributed by atoms with Crippen LogP contribution in [0.1, 0.15) is 54.1 Å². The second-order valence-corrected chi connectivity index (χ2v) is 17.2. The number of nitrogens with zero attached hydrogens (tertiary/aromatic N) is 4. The molecule has 6 atom stereocenters. The number of hydrogen-bond acceptors (Lipinski definition) is 10. The average Bonchev–Trinajstić information content (AvgIpc) is 3.88. The fourth-order valence-corrected chi connectivity index (χ4v) is 11.3. The van der Waals surface area contributed by atoms with Crippen molar-refractivity contribution in [1.82, 2.24) is 9.78 Å². The molecule has 14 heteroatoms. The number of phenols is 1. The third-order valence-electron chi connectivity index (χ3n) is 12.9. The van der Waals surface area contributed by atoms with Crippen molar-refractivity contribution < 1.29 is 38.6 Å². The average molecular weight is 819 g/mol. The van der Waals surface area contributed by atoms with Gasteiger partial charge in [-0.15, -0.1) is 11.3 Å². The molecule has 0 radical (unpaired) electrons. The number of aromatic nitrogens is 2. The lowest BCUT2D eigenvalue weighted by atomic mass is 9.51. The standard InChI is InChI=1S/C44H39ClN4O8S/c1-20-28-15-23(45)9-14-34(28)58-39(20)31-19-35(47(4)46-31)49-41(53)30-18-29-26(38(44(30,3)43(49)55)37-32(51)16-25(56-5)17-33(37)57-6)12-13-27-36(29)42(54)48(40(27)52)24-10-7-22(8-11-24)21(2)50/h7-12,14-17,19,27,29-30,36,38,51H,13,18H2,1-6H3/t27-,29+,30-,36-,38+,44+/m0/s1. The smallest absolute Gasteiger partial charge is 0.242 e. The number of carbonyl (C=O) groups is 5. The molecule has 2 aliphatic heterocycles. The minimum atomic E-state index is -1.46. The molecule has 4 heterocycles. The van der Waals surface area contributed by atoms with Gasteiger partial charge in [0.25, 0.3) is 0 Å². The number of methoxy groups -OCH3 is 2. The van der Waals surface area contributed by atoms with Crippen LogP contribution in [0.15, 0.2) is 72.3 Å². The zero-order valence-electron chi connectivity index (χ0n) is 32.5. The van der Waals surface area contributed by atoms with Gasteiger partial charge in [-0.1, -0.05) is 23.3 Å². The highest BCUT2D eigenvalue weighted by atomic mass is 35.5. The maximum atomic E-state index is 15.3. The first-order valence-electron chi connectivity index (χ1n) is 18.9. The molecular weight excluding hydrogens is 780 g/mol. The highest BCUT2D eigenvalue weighted by molar-refractivity contribution is 7.22. The molecule has 9 rings (SSSR count). The van der Waals surface area contributed by atoms with E-state index in [1.165, 1.54) is 53.0 Å². The van der Waals surface area contributed by atoms with Crippen molar-refractivity contribution in [3.8, 4) is 27.8 Å². The zero-order valence-corrected chi connectivity index (χ0v) is 34.1. The van der Waals surface area contributed by atoms with Gasteiger partial charge in [-0.3, -0.25) is 33.6 Å². The Kier molecular flexibility index (Phi) is 8.72. The van der Waals surface area contributed by atoms with Gasteiger partial charge in [0, 0.05) is 52.0 Å². The van der Waals surface area contributed by atoms with E-state index in [-0.39, 0.29) is 47.4 Å². The van der Waals surface area contributed by atoms with Crippen LogP contribution < -0.4 is 19.3 Å². The molecule has 12 nitrogen and oxygen atoms in total. The van der Waals surface area contributed by atoms with Crippen LogP contribution >= 0.6 is 22.9 Å². The fourth-order valence-electron chi connectivity index (χ4n) is 10.0. The molecule has 4 aliphatic rings. The van der Waals surface area contributed by atoms with E-state index in [9.17, 15) is 19.5 Å². The van der Waals surface area contributed by atoms with Gasteiger partial charge in [0.15, 0.2) is 5.78 Å². The second kappa shape index (κ2) is 13.4. The van der Waals surface area contributed by atoms with E-state index in [0.29, 0.717) is 33.3 Å². The number of imide groups is 2. The number of anilines is 2. The summed E-state index contributed by atoms with van der Waals surface area (Å²) in [5.74, 6) is -5.33. The number of benzene rings is 3. The number of hydrogen-bond donors (Lipinski definition) is 1. The summed E-state index contributed by atoms with van der Waals surface area (Å²) in [6.45, 7) is 5.18. The molecule has 2 aromatic heterocycles. The molecule has 0 unspecified atom stereocenters. The van der Waals surface area contributed by atoms with Crippen LogP contribution in [0.2, 0.25) is 5.02 Å². The zero-order chi connectivity index (χ0) is 41.1. The SMILES string of the molecule is COc1cc(O)c([C@H]2C3=CC[C@@H]4C(=O)N(c5ccc(C(C)=O)cc5)C(=O)[C@@H]4[C@@H]3C[C@H]3C(=O)N(c4cc(-c5sc6ccc(Cl)cc6c5C)nn4C)C(=O)[C@@]23C)c(OC)c1. The summed E-state index contributed by atoms with van der Waals surface area (Å²) < 4.78 is 13.9. The number of carbonyl (C=O) groups excluding carboxylic acids is 5. The number of ketones is 1. The maximum absolute atomic E-state index is 15.3. The van der Waals surface area contributed by atoms with Crippen molar-refractivity contribution in [1.29, 1.82) is 0 Å². The molecule has 0 spiro atoms. The Balaban J connectivity index is 1.17. The van der Waals surface area contributed by atoms with Gasteiger partial charge >= 0.3 is 0 Å². The van der Waals surface area contributed by atoms with Gasteiger partial charge in [-0.25, -0.2) is 4.90 Å². The van der Waals surface area contributed by atoms with Crippen LogP contribution in [0.3, 0.4) is 0 Å². The molecule has 296 valence electrons. The minimum absolute atomic E-state index is 0.108. The van der Waals surface area contributed by atoms with Crippen molar-refractivity contribution in [3.05, 3.63) is 94.0 Å². The Morgan fingerprint density at radius 3 is 2.38 bits per heavy atom. The quantitative estimate of drug-likeness (QED) is 0.0995. The molecule has 5 aromatic rings. The number of Topliss-reactive ketones (excluding diaryl/α,β-unsaturated/α-hetero) is 1. The fraction of sp³-hybridized carbons (Fsp3) is 0.318. The van der Waals surface area contributed by atoms with Crippen LogP contribution in [-0.4, -0.2) is 58.5 Å². The van der Waals surface area contributed by atoms with E-state index >= 15 is 9.59 Å². The number of aryl methyl sites for hydroxylation is 2. The number of rotatable bonds is 7. The Hall–Kier alpha value is -5.79. The van der Waals surface area contributed by atoms with Crippen LogP contribution in [-0.2, 0) is 26.2 Å². The lowest BCUT2D eigenvalue weighted by molar-refractivity contribution is -0.131. The third kappa shape index (κ3) is 5.25. The van der Waals surface area contributed by atoms with E-state index in [4.69, 9.17) is 26.2 Å². The normalized spacial score (nSPS) is 25.2. The predicted molar refractivity (Wildman–Crippen MR) is 219 cm³/mol. The lowest BCUT2D eigenvalue weighted by Crippen LogP contribution is -2.49. The number of amides is 4. The third-order valence-corrected chi connectivity index (χ3v) is 14.4. The molecule has 3 fully saturated rings. The first-order valence-corrected chi connectivity index (χ1v) is 20.1. The highest BCUT2D eigenvalue weighted by Crippen LogP contribution is 2.66. The number of halogens is 1. The van der Waals surface area contributed by atoms with E-state index in [1.54, 1.807) is 50.4 Å². The molecule has 2 aliphatic carbocycles. The van der Waals surface area contributed by atoms with E-state index in [1.807, 2.05) is 31.2 Å². The Bertz CT molecular complexity index is 2680. The topological polar surface area (TPSA) is 148 Å². The summed E-state index contributed by atoms with van der Waals surface area (Å²) in [7, 11) is 4.60. The van der Waals surface area contributed by atoms with Crippen molar-refractivity contribution in [2.75, 3.05) is 24.0 Å². The summed E-state index contributed by atoms with van der Waals surface area (Å²) >= 11 is 7.87. The van der Waals surface area contributed by atoms with Gasteiger partial charge in [0.05, 0.1) is 48.0 Å². The Morgan fingerprint density at radius 1 is 0.948 bits per heavy atom. The predicted octanol–water partition coefficient (Wildman–Crippen LogP) is 7.62. The number of fused-ring (bicyclic) bond motifs is 5. The van der Waals surface area contributed by atoms with Crippen LogP contribution in [0.4, 0.5) is 11.5 Å². The van der Waals surface area contributed by atoms with E-state index < -0.39 is 52.7 Å². The number of thiophene rings is 1. The summed E-state index contributed by atoms with van der Waals surface area (Å²) in [5, 5.41) is 18.2. The number of ether oxygens (including phenoxy) is 2. The molecular formula is C44H39ClN4O8S. The number of phenolic OH excluding ortho intramolecular Hbond substituents is 1.